The molecule has 87 heavy (non-hydrogen) atoms. The van der Waals surface area contributed by atoms with Gasteiger partial charge in [0.15, 0.2) is 12.2 Å². The third-order valence-corrected chi connectivity index (χ3v) is 18.2. The number of carbonyl (C=O) groups is 4. The summed E-state index contributed by atoms with van der Waals surface area (Å²) >= 11 is 0. The summed E-state index contributed by atoms with van der Waals surface area (Å²) in [7, 11) is -9.90. The molecule has 0 radical (unpaired) electrons. The molecule has 3 N–H and O–H groups in total. The average Bonchev–Trinajstić information content (AvgIpc) is 3.68. The van der Waals surface area contributed by atoms with Gasteiger partial charge in [0.05, 0.1) is 26.4 Å². The van der Waals surface area contributed by atoms with Gasteiger partial charge in [0.2, 0.25) is 0 Å². The molecular formula is C68H132O17P2. The molecule has 0 heterocycles. The zero-order valence-corrected chi connectivity index (χ0v) is 58.4. The van der Waals surface area contributed by atoms with E-state index in [9.17, 15) is 43.2 Å². The van der Waals surface area contributed by atoms with Crippen LogP contribution in [0.15, 0.2) is 0 Å². The maximum atomic E-state index is 13.0. The van der Waals surface area contributed by atoms with E-state index in [1.54, 1.807) is 0 Å². The first-order valence-corrected chi connectivity index (χ1v) is 38.3. The van der Waals surface area contributed by atoms with Crippen LogP contribution in [0.4, 0.5) is 0 Å². The summed E-state index contributed by atoms with van der Waals surface area (Å²) in [5.41, 5.74) is 0. The van der Waals surface area contributed by atoms with E-state index in [0.29, 0.717) is 31.6 Å². The summed E-state index contributed by atoms with van der Waals surface area (Å²) in [6.07, 6.45) is 39.0. The van der Waals surface area contributed by atoms with Crippen molar-refractivity contribution in [3.8, 4) is 0 Å². The van der Waals surface area contributed by atoms with Crippen LogP contribution >= 0.6 is 15.6 Å². The van der Waals surface area contributed by atoms with Crippen molar-refractivity contribution in [1.82, 2.24) is 0 Å². The van der Waals surface area contributed by atoms with Crippen LogP contribution in [0.3, 0.4) is 0 Å². The average molecular weight is 1280 g/mol. The van der Waals surface area contributed by atoms with E-state index in [-0.39, 0.29) is 25.7 Å². The van der Waals surface area contributed by atoms with Crippen molar-refractivity contribution >= 4 is 39.5 Å². The lowest BCUT2D eigenvalue weighted by molar-refractivity contribution is -0.161. The molecule has 0 rings (SSSR count). The standard InChI is InChI=1S/C68H132O17P2/c1-9-60(7)46-38-30-21-17-14-15-19-23-34-42-50-67(72)84-63(54-78-65(70)48-40-32-22-18-13-11-12-16-20-28-36-44-58(3)4)56-82-86(74,75)80-52-62(69)53-81-87(76,77)83-57-64(85-68(73)51-43-35-26-24-29-37-45-59(5)6)55-79-66(71)49-41-33-27-25-31-39-47-61(8)10-2/h58-64,69H,9-57H2,1-8H3,(H,74,75)(H,76,77)/t60?,61?,62-,63-,64-/m1/s1. The Labute approximate surface area is 530 Å². The Balaban J connectivity index is 5.25. The van der Waals surface area contributed by atoms with Crippen LogP contribution in [0.1, 0.15) is 331 Å². The molecule has 0 aliphatic heterocycles. The third-order valence-electron chi connectivity index (χ3n) is 16.3. The molecule has 0 saturated carbocycles. The zero-order chi connectivity index (χ0) is 64.7. The predicted molar refractivity (Wildman–Crippen MR) is 349 cm³/mol. The molecule has 4 unspecified atom stereocenters. The van der Waals surface area contributed by atoms with Gasteiger partial charge in [-0.3, -0.25) is 37.3 Å². The van der Waals surface area contributed by atoms with Gasteiger partial charge in [0.1, 0.15) is 19.3 Å². The number of aliphatic hydroxyl groups is 1. The second-order valence-electron chi connectivity index (χ2n) is 26.0. The number of carbonyl (C=O) groups excluding carboxylic acids is 4. The summed E-state index contributed by atoms with van der Waals surface area (Å²) < 4.78 is 68.1. The molecule has 0 aromatic carbocycles. The van der Waals surface area contributed by atoms with Crippen LogP contribution < -0.4 is 0 Å². The van der Waals surface area contributed by atoms with Gasteiger partial charge in [-0.1, -0.05) is 280 Å². The zero-order valence-electron chi connectivity index (χ0n) is 56.6. The number of aliphatic hydroxyl groups excluding tert-OH is 1. The topological polar surface area (TPSA) is 237 Å². The molecular weight excluding hydrogens is 1150 g/mol. The number of hydrogen-bond acceptors (Lipinski definition) is 15. The number of ether oxygens (including phenoxy) is 4. The summed E-state index contributed by atoms with van der Waals surface area (Å²) in [5.74, 6) is 0.837. The Morgan fingerprint density at radius 3 is 0.816 bits per heavy atom. The molecule has 516 valence electrons. The molecule has 19 heteroatoms. The predicted octanol–water partition coefficient (Wildman–Crippen LogP) is 18.9. The smallest absolute Gasteiger partial charge is 0.462 e. The highest BCUT2D eigenvalue weighted by Gasteiger charge is 2.30. The van der Waals surface area contributed by atoms with E-state index in [1.807, 2.05) is 0 Å². The van der Waals surface area contributed by atoms with Crippen LogP contribution in [0, 0.1) is 23.7 Å². The highest BCUT2D eigenvalue weighted by molar-refractivity contribution is 7.47. The Hall–Kier alpha value is -1.94. The van der Waals surface area contributed by atoms with Crippen LogP contribution in [0.2, 0.25) is 0 Å². The first kappa shape index (κ1) is 85.1. The Morgan fingerprint density at radius 1 is 0.322 bits per heavy atom. The van der Waals surface area contributed by atoms with Gasteiger partial charge >= 0.3 is 39.5 Å². The van der Waals surface area contributed by atoms with Gasteiger partial charge in [-0.2, -0.15) is 0 Å². The highest BCUT2D eigenvalue weighted by Crippen LogP contribution is 2.45. The van der Waals surface area contributed by atoms with E-state index >= 15 is 0 Å². The summed E-state index contributed by atoms with van der Waals surface area (Å²) in [6, 6.07) is 0. The lowest BCUT2D eigenvalue weighted by atomic mass is 9.99. The minimum absolute atomic E-state index is 0.101. The van der Waals surface area contributed by atoms with Crippen molar-refractivity contribution in [3.63, 3.8) is 0 Å². The van der Waals surface area contributed by atoms with Gasteiger partial charge in [0.25, 0.3) is 0 Å². The normalized spacial score (nSPS) is 15.0. The molecule has 0 aliphatic carbocycles. The van der Waals surface area contributed by atoms with Crippen molar-refractivity contribution in [2.24, 2.45) is 23.7 Å². The van der Waals surface area contributed by atoms with Crippen LogP contribution in [0.25, 0.3) is 0 Å². The molecule has 0 saturated heterocycles. The lowest BCUT2D eigenvalue weighted by Crippen LogP contribution is -2.30. The van der Waals surface area contributed by atoms with E-state index in [0.717, 1.165) is 114 Å². The van der Waals surface area contributed by atoms with Gasteiger partial charge in [-0.25, -0.2) is 9.13 Å². The van der Waals surface area contributed by atoms with Gasteiger partial charge < -0.3 is 33.8 Å². The van der Waals surface area contributed by atoms with Crippen molar-refractivity contribution in [2.75, 3.05) is 39.6 Å². The fourth-order valence-corrected chi connectivity index (χ4v) is 11.7. The quantitative estimate of drug-likeness (QED) is 0.0222. The molecule has 17 nitrogen and oxygen atoms in total. The van der Waals surface area contributed by atoms with Crippen LogP contribution in [-0.4, -0.2) is 96.7 Å². The number of rotatable bonds is 65. The minimum Gasteiger partial charge on any atom is -0.462 e. The second kappa shape index (κ2) is 57.9. The number of unbranched alkanes of at least 4 members (excludes halogenated alkanes) is 29. The number of hydrogen-bond donors (Lipinski definition) is 3. The fourth-order valence-electron chi connectivity index (χ4n) is 10.1. The number of phosphoric acid groups is 2. The fraction of sp³-hybridized carbons (Fsp3) is 0.941. The molecule has 0 fully saturated rings. The lowest BCUT2D eigenvalue weighted by Gasteiger charge is -2.21. The maximum Gasteiger partial charge on any atom is 0.472 e. The Bertz CT molecular complexity index is 1730. The largest absolute Gasteiger partial charge is 0.472 e. The van der Waals surface area contributed by atoms with Gasteiger partial charge in [-0.05, 0) is 49.4 Å². The summed E-state index contributed by atoms with van der Waals surface area (Å²) in [5, 5.41) is 10.6. The molecule has 0 aromatic rings. The molecule has 0 aliphatic rings. The third kappa shape index (κ3) is 60.1. The SMILES string of the molecule is CCC(C)CCCCCCCCCCCCC(=O)O[C@H](COC(=O)CCCCCCCCCCCCCC(C)C)COP(=O)(O)OC[C@@H](O)COP(=O)(O)OC[C@@H](COC(=O)CCCCCCCCC(C)CC)OC(=O)CCCCCCCCC(C)C. The Kier molecular flexibility index (Phi) is 56.6. The van der Waals surface area contributed by atoms with E-state index in [2.05, 4.69) is 55.4 Å². The molecule has 7 atom stereocenters. The summed E-state index contributed by atoms with van der Waals surface area (Å²) in [4.78, 5) is 72.4. The molecule has 0 bridgehead atoms. The number of esters is 4. The second-order valence-corrected chi connectivity index (χ2v) is 28.9. The van der Waals surface area contributed by atoms with Gasteiger partial charge in [-0.15, -0.1) is 0 Å². The van der Waals surface area contributed by atoms with Crippen molar-refractivity contribution in [2.45, 2.75) is 350 Å². The van der Waals surface area contributed by atoms with E-state index in [1.165, 1.54) is 128 Å². The van der Waals surface area contributed by atoms with E-state index < -0.39 is 97.5 Å². The molecule has 0 aromatic heterocycles. The minimum atomic E-state index is -4.95. The van der Waals surface area contributed by atoms with E-state index in [4.69, 9.17) is 37.0 Å². The first-order chi connectivity index (χ1) is 41.7. The molecule has 0 amide bonds. The molecule has 0 spiro atoms. The van der Waals surface area contributed by atoms with Crippen molar-refractivity contribution < 1.29 is 80.2 Å². The van der Waals surface area contributed by atoms with Crippen molar-refractivity contribution in [1.29, 1.82) is 0 Å². The first-order valence-electron chi connectivity index (χ1n) is 35.3. The summed E-state index contributed by atoms with van der Waals surface area (Å²) in [6.45, 7) is 14.0. The highest BCUT2D eigenvalue weighted by atomic mass is 31.2. The van der Waals surface area contributed by atoms with Crippen molar-refractivity contribution in [3.05, 3.63) is 0 Å². The number of phosphoric ester groups is 2. The monoisotopic (exact) mass is 1280 g/mol. The maximum absolute atomic E-state index is 13.0. The van der Waals surface area contributed by atoms with Crippen LogP contribution in [-0.2, 0) is 65.4 Å². The van der Waals surface area contributed by atoms with Crippen LogP contribution in [0.5, 0.6) is 0 Å². The van der Waals surface area contributed by atoms with Gasteiger partial charge in [0, 0.05) is 25.7 Å². The Morgan fingerprint density at radius 2 is 0.552 bits per heavy atom.